The maximum atomic E-state index is 13.8. The van der Waals surface area contributed by atoms with Crippen molar-refractivity contribution >= 4 is 23.6 Å². The molecule has 3 rings (SSSR count). The first-order valence-electron chi connectivity index (χ1n) is 9.32. The Balaban J connectivity index is 1.56. The average molecular weight is 405 g/mol. The molecular formula is C19H24FN5O2S. The van der Waals surface area contributed by atoms with E-state index < -0.39 is 17.8 Å². The standard InChI is InChI=1S/C19H24FN5O2S/c1-12(21-18(27)14-9-5-6-10-15(14)20)17-23-24-19(25(17)2)28-11-16(26)22-13-7-3-4-8-13/h5-6,9-10,12-13H,3-4,7-8,11H2,1-2H3,(H,21,27)(H,22,26)/t12-/m0/s1. The lowest BCUT2D eigenvalue weighted by atomic mass is 10.2. The normalized spacial score (nSPS) is 15.4. The average Bonchev–Trinajstić information content (AvgIpc) is 3.30. The molecule has 1 heterocycles. The van der Waals surface area contributed by atoms with Crippen LogP contribution >= 0.6 is 11.8 Å². The van der Waals surface area contributed by atoms with Gasteiger partial charge in [-0.1, -0.05) is 36.7 Å². The van der Waals surface area contributed by atoms with Crippen molar-refractivity contribution in [3.8, 4) is 0 Å². The van der Waals surface area contributed by atoms with Crippen molar-refractivity contribution in [3.63, 3.8) is 0 Å². The smallest absolute Gasteiger partial charge is 0.254 e. The Kier molecular flexibility index (Phi) is 6.66. The topological polar surface area (TPSA) is 88.9 Å². The fraction of sp³-hybridized carbons (Fsp3) is 0.474. The molecule has 0 spiro atoms. The van der Waals surface area contributed by atoms with Crippen LogP contribution in [0, 0.1) is 5.82 Å². The third-order valence-corrected chi connectivity index (χ3v) is 5.79. The van der Waals surface area contributed by atoms with E-state index in [0.717, 1.165) is 12.8 Å². The summed E-state index contributed by atoms with van der Waals surface area (Å²) in [6, 6.07) is 5.63. The summed E-state index contributed by atoms with van der Waals surface area (Å²) in [6.45, 7) is 1.75. The van der Waals surface area contributed by atoms with E-state index in [1.807, 2.05) is 0 Å². The highest BCUT2D eigenvalue weighted by molar-refractivity contribution is 7.99. The fourth-order valence-electron chi connectivity index (χ4n) is 3.28. The van der Waals surface area contributed by atoms with Crippen LogP contribution in [0.15, 0.2) is 29.4 Å². The highest BCUT2D eigenvalue weighted by atomic mass is 32.2. The number of thioether (sulfide) groups is 1. The number of aromatic nitrogens is 3. The Morgan fingerprint density at radius 3 is 2.71 bits per heavy atom. The van der Waals surface area contributed by atoms with E-state index in [1.54, 1.807) is 24.6 Å². The molecule has 1 aliphatic carbocycles. The molecule has 150 valence electrons. The van der Waals surface area contributed by atoms with E-state index >= 15 is 0 Å². The van der Waals surface area contributed by atoms with Crippen LogP contribution in [0.3, 0.4) is 0 Å². The number of carbonyl (C=O) groups is 2. The van der Waals surface area contributed by atoms with Gasteiger partial charge in [-0.2, -0.15) is 0 Å². The second-order valence-corrected chi connectivity index (χ2v) is 7.85. The number of carbonyl (C=O) groups excluding carboxylic acids is 2. The van der Waals surface area contributed by atoms with Gasteiger partial charge in [-0.05, 0) is 31.9 Å². The molecule has 1 aromatic heterocycles. The minimum Gasteiger partial charge on any atom is -0.353 e. The number of halogens is 1. The van der Waals surface area contributed by atoms with Gasteiger partial charge in [-0.25, -0.2) is 4.39 Å². The fourth-order valence-corrected chi connectivity index (χ4v) is 4.01. The van der Waals surface area contributed by atoms with Crippen LogP contribution in [0.5, 0.6) is 0 Å². The van der Waals surface area contributed by atoms with Gasteiger partial charge in [-0.15, -0.1) is 10.2 Å². The van der Waals surface area contributed by atoms with Crippen molar-refractivity contribution in [2.45, 2.75) is 49.8 Å². The van der Waals surface area contributed by atoms with Crippen molar-refractivity contribution < 1.29 is 14.0 Å². The van der Waals surface area contributed by atoms with E-state index in [-0.39, 0.29) is 23.3 Å². The number of benzene rings is 1. The number of hydrogen-bond acceptors (Lipinski definition) is 5. The predicted molar refractivity (Wildman–Crippen MR) is 104 cm³/mol. The van der Waals surface area contributed by atoms with Crippen LogP contribution < -0.4 is 10.6 Å². The molecule has 2 amide bonds. The van der Waals surface area contributed by atoms with Gasteiger partial charge in [0.25, 0.3) is 5.91 Å². The lowest BCUT2D eigenvalue weighted by Crippen LogP contribution is -2.33. The molecule has 0 bridgehead atoms. The molecule has 1 aromatic carbocycles. The van der Waals surface area contributed by atoms with Gasteiger partial charge in [0.05, 0.1) is 17.4 Å². The SMILES string of the molecule is C[C@H](NC(=O)c1ccccc1F)c1nnc(SCC(=O)NC2CCCC2)n1C. The van der Waals surface area contributed by atoms with E-state index in [1.165, 1.54) is 42.8 Å². The highest BCUT2D eigenvalue weighted by Crippen LogP contribution is 2.21. The molecule has 7 nitrogen and oxygen atoms in total. The number of amides is 2. The summed E-state index contributed by atoms with van der Waals surface area (Å²) >= 11 is 1.30. The van der Waals surface area contributed by atoms with Crippen molar-refractivity contribution in [1.82, 2.24) is 25.4 Å². The molecule has 2 N–H and O–H groups in total. The van der Waals surface area contributed by atoms with Crippen LogP contribution in [0.4, 0.5) is 4.39 Å². The maximum Gasteiger partial charge on any atom is 0.254 e. The van der Waals surface area contributed by atoms with Crippen molar-refractivity contribution in [3.05, 3.63) is 41.5 Å². The maximum absolute atomic E-state index is 13.8. The van der Waals surface area contributed by atoms with Crippen molar-refractivity contribution in [2.75, 3.05) is 5.75 Å². The first-order chi connectivity index (χ1) is 13.5. The minimum atomic E-state index is -0.574. The molecule has 0 aliphatic heterocycles. The number of hydrogen-bond donors (Lipinski definition) is 2. The van der Waals surface area contributed by atoms with E-state index in [0.29, 0.717) is 11.0 Å². The zero-order valence-electron chi connectivity index (χ0n) is 15.9. The lowest BCUT2D eigenvalue weighted by molar-refractivity contribution is -0.119. The summed E-state index contributed by atoms with van der Waals surface area (Å²) in [6.07, 6.45) is 4.43. The minimum absolute atomic E-state index is 0.0117. The highest BCUT2D eigenvalue weighted by Gasteiger charge is 2.21. The Morgan fingerprint density at radius 1 is 1.29 bits per heavy atom. The Hall–Kier alpha value is -2.42. The van der Waals surface area contributed by atoms with Gasteiger partial charge in [0.2, 0.25) is 5.91 Å². The predicted octanol–water partition coefficient (Wildman–Crippen LogP) is 2.60. The Labute approximate surface area is 167 Å². The first-order valence-corrected chi connectivity index (χ1v) is 10.3. The zero-order chi connectivity index (χ0) is 20.1. The van der Waals surface area contributed by atoms with Crippen LogP contribution in [0.2, 0.25) is 0 Å². The Bertz CT molecular complexity index is 851. The zero-order valence-corrected chi connectivity index (χ0v) is 16.8. The molecule has 0 radical (unpaired) electrons. The quantitative estimate of drug-likeness (QED) is 0.691. The summed E-state index contributed by atoms with van der Waals surface area (Å²) in [4.78, 5) is 24.4. The molecule has 1 aliphatic rings. The van der Waals surface area contributed by atoms with Crippen molar-refractivity contribution in [2.24, 2.45) is 7.05 Å². The van der Waals surface area contributed by atoms with Crippen molar-refractivity contribution in [1.29, 1.82) is 0 Å². The van der Waals surface area contributed by atoms with E-state index in [4.69, 9.17) is 0 Å². The summed E-state index contributed by atoms with van der Waals surface area (Å²) in [5.41, 5.74) is -0.0188. The summed E-state index contributed by atoms with van der Waals surface area (Å²) < 4.78 is 15.5. The van der Waals surface area contributed by atoms with Gasteiger partial charge >= 0.3 is 0 Å². The van der Waals surface area contributed by atoms with Gasteiger partial charge in [-0.3, -0.25) is 9.59 Å². The molecule has 1 saturated carbocycles. The van der Waals surface area contributed by atoms with Crippen LogP contribution in [-0.2, 0) is 11.8 Å². The Morgan fingerprint density at radius 2 is 2.00 bits per heavy atom. The molecule has 0 unspecified atom stereocenters. The third kappa shape index (κ3) is 4.89. The molecule has 1 fully saturated rings. The number of nitrogens with one attached hydrogen (secondary N) is 2. The molecule has 28 heavy (non-hydrogen) atoms. The molecule has 0 saturated heterocycles. The number of nitrogens with zero attached hydrogens (tertiary/aromatic N) is 3. The van der Waals surface area contributed by atoms with Gasteiger partial charge in [0.1, 0.15) is 5.82 Å². The largest absolute Gasteiger partial charge is 0.353 e. The second-order valence-electron chi connectivity index (χ2n) is 6.91. The number of rotatable bonds is 7. The molecule has 9 heteroatoms. The second kappa shape index (κ2) is 9.18. The third-order valence-electron chi connectivity index (χ3n) is 4.77. The molecule has 2 aromatic rings. The van der Waals surface area contributed by atoms with E-state index in [9.17, 15) is 14.0 Å². The lowest BCUT2D eigenvalue weighted by Gasteiger charge is -2.14. The van der Waals surface area contributed by atoms with Gasteiger partial charge in [0.15, 0.2) is 11.0 Å². The monoisotopic (exact) mass is 405 g/mol. The first kappa shape index (κ1) is 20.3. The van der Waals surface area contributed by atoms with Gasteiger partial charge in [0, 0.05) is 13.1 Å². The van der Waals surface area contributed by atoms with Crippen LogP contribution in [0.1, 0.15) is 54.8 Å². The summed E-state index contributed by atoms with van der Waals surface area (Å²) in [5.74, 6) is -0.308. The van der Waals surface area contributed by atoms with Gasteiger partial charge < -0.3 is 15.2 Å². The summed E-state index contributed by atoms with van der Waals surface area (Å²) in [7, 11) is 1.78. The molecular weight excluding hydrogens is 381 g/mol. The molecule has 1 atom stereocenters. The summed E-state index contributed by atoms with van der Waals surface area (Å²) in [5, 5.41) is 14.6. The van der Waals surface area contributed by atoms with Crippen LogP contribution in [-0.4, -0.2) is 38.4 Å². The van der Waals surface area contributed by atoms with Crippen LogP contribution in [0.25, 0.3) is 0 Å². The van der Waals surface area contributed by atoms with E-state index in [2.05, 4.69) is 20.8 Å².